The quantitative estimate of drug-likeness (QED) is 0.749. The number of amides is 1. The van der Waals surface area contributed by atoms with Gasteiger partial charge < -0.3 is 10.6 Å². The first-order chi connectivity index (χ1) is 8.17. The fourth-order valence-corrected chi connectivity index (χ4v) is 2.85. The Morgan fingerprint density at radius 1 is 1.29 bits per heavy atom. The van der Waals surface area contributed by atoms with Gasteiger partial charge in [-0.15, -0.1) is 0 Å². The van der Waals surface area contributed by atoms with Gasteiger partial charge in [-0.2, -0.15) is 0 Å². The Balaban J connectivity index is 2.27. The second-order valence-corrected chi connectivity index (χ2v) is 5.40. The predicted octanol–water partition coefficient (Wildman–Crippen LogP) is 2.46. The molecule has 0 saturated heterocycles. The van der Waals surface area contributed by atoms with Crippen molar-refractivity contribution in [2.45, 2.75) is 70.9 Å². The molecule has 1 aliphatic rings. The van der Waals surface area contributed by atoms with Crippen molar-refractivity contribution in [1.82, 2.24) is 10.6 Å². The topological polar surface area (TPSA) is 41.1 Å². The molecule has 1 rings (SSSR count). The molecule has 1 aliphatic carbocycles. The Labute approximate surface area is 106 Å². The summed E-state index contributed by atoms with van der Waals surface area (Å²) in [7, 11) is 1.85. The van der Waals surface area contributed by atoms with Crippen LogP contribution in [0.25, 0.3) is 0 Å². The van der Waals surface area contributed by atoms with E-state index in [1.165, 1.54) is 32.1 Å². The number of carbonyl (C=O) groups is 1. The lowest BCUT2D eigenvalue weighted by Gasteiger charge is -2.26. The van der Waals surface area contributed by atoms with Crippen LogP contribution in [0, 0.1) is 5.92 Å². The number of rotatable bonds is 6. The predicted molar refractivity (Wildman–Crippen MR) is 71.9 cm³/mol. The minimum Gasteiger partial charge on any atom is -0.352 e. The molecule has 3 nitrogen and oxygen atoms in total. The van der Waals surface area contributed by atoms with Crippen LogP contribution in [-0.4, -0.2) is 25.0 Å². The Morgan fingerprint density at radius 2 is 1.94 bits per heavy atom. The van der Waals surface area contributed by atoms with Crippen LogP contribution in [0.1, 0.15) is 58.8 Å². The number of hydrogen-bond donors (Lipinski definition) is 2. The van der Waals surface area contributed by atoms with E-state index in [4.69, 9.17) is 0 Å². The van der Waals surface area contributed by atoms with Crippen molar-refractivity contribution < 1.29 is 4.79 Å². The Morgan fingerprint density at radius 3 is 2.47 bits per heavy atom. The van der Waals surface area contributed by atoms with E-state index in [1.54, 1.807) is 0 Å². The number of hydrogen-bond acceptors (Lipinski definition) is 2. The van der Waals surface area contributed by atoms with Gasteiger partial charge in [0.25, 0.3) is 0 Å². The Bertz CT molecular complexity index is 220. The highest BCUT2D eigenvalue weighted by Crippen LogP contribution is 2.27. The average molecular weight is 240 g/mol. The fraction of sp³-hybridized carbons (Fsp3) is 0.929. The lowest BCUT2D eigenvalue weighted by molar-refractivity contribution is -0.123. The molecule has 1 amide bonds. The Kier molecular flexibility index (Phi) is 6.56. The van der Waals surface area contributed by atoms with Crippen molar-refractivity contribution in [1.29, 1.82) is 0 Å². The smallest absolute Gasteiger partial charge is 0.237 e. The van der Waals surface area contributed by atoms with E-state index in [2.05, 4.69) is 17.6 Å². The summed E-state index contributed by atoms with van der Waals surface area (Å²) in [4.78, 5) is 11.9. The van der Waals surface area contributed by atoms with E-state index in [1.807, 2.05) is 14.0 Å². The molecule has 1 saturated carbocycles. The lowest BCUT2D eigenvalue weighted by atomic mass is 9.85. The third kappa shape index (κ3) is 5.07. The highest BCUT2D eigenvalue weighted by molar-refractivity contribution is 5.81. The van der Waals surface area contributed by atoms with Gasteiger partial charge in [0.05, 0.1) is 6.04 Å². The molecular formula is C14H28N2O. The van der Waals surface area contributed by atoms with Crippen LogP contribution in [0.2, 0.25) is 0 Å². The van der Waals surface area contributed by atoms with Gasteiger partial charge in [0.1, 0.15) is 0 Å². The third-order valence-electron chi connectivity index (χ3n) is 3.87. The van der Waals surface area contributed by atoms with E-state index < -0.39 is 0 Å². The van der Waals surface area contributed by atoms with Gasteiger partial charge >= 0.3 is 0 Å². The molecule has 0 heterocycles. The number of carbonyl (C=O) groups excluding carboxylic acids is 1. The van der Waals surface area contributed by atoms with Gasteiger partial charge in [0.2, 0.25) is 5.91 Å². The molecule has 17 heavy (non-hydrogen) atoms. The maximum atomic E-state index is 11.9. The van der Waals surface area contributed by atoms with E-state index in [0.29, 0.717) is 6.04 Å². The van der Waals surface area contributed by atoms with Crippen LogP contribution in [-0.2, 0) is 4.79 Å². The summed E-state index contributed by atoms with van der Waals surface area (Å²) >= 11 is 0. The normalized spacial score (nSPS) is 20.9. The van der Waals surface area contributed by atoms with Gasteiger partial charge in [-0.1, -0.05) is 39.0 Å². The summed E-state index contributed by atoms with van der Waals surface area (Å²) in [6.07, 6.45) is 8.84. The van der Waals surface area contributed by atoms with Crippen LogP contribution in [0.3, 0.4) is 0 Å². The summed E-state index contributed by atoms with van der Waals surface area (Å²) in [5.41, 5.74) is 0. The summed E-state index contributed by atoms with van der Waals surface area (Å²) in [5, 5.41) is 6.18. The minimum atomic E-state index is -0.0381. The second-order valence-electron chi connectivity index (χ2n) is 5.40. The number of likely N-dealkylation sites (N-methyl/N-ethyl adjacent to an activating group) is 1. The molecule has 0 aromatic carbocycles. The minimum absolute atomic E-state index is 0.0381. The SMILES string of the molecule is CCC(NC)C(=O)N[C@H](C)CC1CCCCC1. The monoisotopic (exact) mass is 240 g/mol. The summed E-state index contributed by atoms with van der Waals surface area (Å²) in [6.45, 7) is 4.17. The van der Waals surface area contributed by atoms with Crippen LogP contribution < -0.4 is 10.6 Å². The van der Waals surface area contributed by atoms with Crippen LogP contribution in [0.15, 0.2) is 0 Å². The van der Waals surface area contributed by atoms with Gasteiger partial charge in [0, 0.05) is 6.04 Å². The van der Waals surface area contributed by atoms with Gasteiger partial charge in [-0.3, -0.25) is 4.79 Å². The zero-order valence-electron chi connectivity index (χ0n) is 11.6. The Hall–Kier alpha value is -0.570. The molecule has 0 aromatic heterocycles. The first kappa shape index (κ1) is 14.5. The second kappa shape index (κ2) is 7.70. The van der Waals surface area contributed by atoms with Crippen molar-refractivity contribution in [3.05, 3.63) is 0 Å². The van der Waals surface area contributed by atoms with Gasteiger partial charge in [-0.05, 0) is 32.7 Å². The molecule has 2 atom stereocenters. The lowest BCUT2D eigenvalue weighted by Crippen LogP contribution is -2.46. The first-order valence-corrected chi connectivity index (χ1v) is 7.15. The summed E-state index contributed by atoms with van der Waals surface area (Å²) in [6, 6.07) is 0.275. The maximum absolute atomic E-state index is 11.9. The summed E-state index contributed by atoms with van der Waals surface area (Å²) in [5.74, 6) is 0.979. The zero-order valence-corrected chi connectivity index (χ0v) is 11.6. The van der Waals surface area contributed by atoms with Crippen molar-refractivity contribution in [2.24, 2.45) is 5.92 Å². The highest BCUT2D eigenvalue weighted by atomic mass is 16.2. The molecule has 0 aliphatic heterocycles. The molecule has 1 fully saturated rings. The van der Waals surface area contributed by atoms with Gasteiger partial charge in [0.15, 0.2) is 0 Å². The van der Waals surface area contributed by atoms with Crippen molar-refractivity contribution >= 4 is 5.91 Å². The van der Waals surface area contributed by atoms with E-state index in [0.717, 1.165) is 18.8 Å². The molecule has 3 heteroatoms. The molecular weight excluding hydrogens is 212 g/mol. The molecule has 0 bridgehead atoms. The number of nitrogens with one attached hydrogen (secondary N) is 2. The van der Waals surface area contributed by atoms with Crippen LogP contribution in [0.5, 0.6) is 0 Å². The highest BCUT2D eigenvalue weighted by Gasteiger charge is 2.20. The third-order valence-corrected chi connectivity index (χ3v) is 3.87. The summed E-state index contributed by atoms with van der Waals surface area (Å²) < 4.78 is 0. The van der Waals surface area contributed by atoms with Gasteiger partial charge in [-0.25, -0.2) is 0 Å². The van der Waals surface area contributed by atoms with E-state index in [-0.39, 0.29) is 11.9 Å². The average Bonchev–Trinajstić information content (AvgIpc) is 2.31. The molecule has 0 radical (unpaired) electrons. The molecule has 0 spiro atoms. The molecule has 100 valence electrons. The van der Waals surface area contributed by atoms with Crippen molar-refractivity contribution in [3.63, 3.8) is 0 Å². The first-order valence-electron chi connectivity index (χ1n) is 7.15. The van der Waals surface area contributed by atoms with Crippen molar-refractivity contribution in [3.8, 4) is 0 Å². The zero-order chi connectivity index (χ0) is 12.7. The van der Waals surface area contributed by atoms with Crippen LogP contribution >= 0.6 is 0 Å². The maximum Gasteiger partial charge on any atom is 0.237 e. The molecule has 0 aromatic rings. The molecule has 1 unspecified atom stereocenters. The van der Waals surface area contributed by atoms with E-state index >= 15 is 0 Å². The van der Waals surface area contributed by atoms with Crippen LogP contribution in [0.4, 0.5) is 0 Å². The largest absolute Gasteiger partial charge is 0.352 e. The standard InChI is InChI=1S/C14H28N2O/c1-4-13(15-3)14(17)16-11(2)10-12-8-6-5-7-9-12/h11-13,15H,4-10H2,1-3H3,(H,16,17)/t11-,13?/m1/s1. The van der Waals surface area contributed by atoms with E-state index in [9.17, 15) is 4.79 Å². The fourth-order valence-electron chi connectivity index (χ4n) is 2.85. The molecule has 2 N–H and O–H groups in total. The van der Waals surface area contributed by atoms with Crippen molar-refractivity contribution in [2.75, 3.05) is 7.05 Å².